The van der Waals surface area contributed by atoms with Crippen LogP contribution in [0.2, 0.25) is 0 Å². The topological polar surface area (TPSA) is 43.7 Å². The third-order valence-corrected chi connectivity index (χ3v) is 3.42. The number of rotatable bonds is 5. The lowest BCUT2D eigenvalue weighted by Gasteiger charge is -2.34. The van der Waals surface area contributed by atoms with Gasteiger partial charge in [0.2, 0.25) is 0 Å². The molecule has 0 heterocycles. The highest BCUT2D eigenvalue weighted by atomic mass is 16.3. The van der Waals surface area contributed by atoms with Crippen molar-refractivity contribution in [3.05, 3.63) is 42.5 Å². The second-order valence-electron chi connectivity index (χ2n) is 4.68. The SMILES string of the molecule is CCC(O)N(c1cccc2ccccc12)C(O)CC. The Morgan fingerprint density at radius 1 is 0.895 bits per heavy atom. The second-order valence-corrected chi connectivity index (χ2v) is 4.68. The van der Waals surface area contributed by atoms with Crippen molar-refractivity contribution < 1.29 is 10.2 Å². The Morgan fingerprint density at radius 2 is 1.47 bits per heavy atom. The van der Waals surface area contributed by atoms with Crippen LogP contribution in [-0.2, 0) is 0 Å². The molecule has 2 N–H and O–H groups in total. The van der Waals surface area contributed by atoms with Crippen LogP contribution in [0.5, 0.6) is 0 Å². The summed E-state index contributed by atoms with van der Waals surface area (Å²) < 4.78 is 0. The van der Waals surface area contributed by atoms with Gasteiger partial charge in [-0.05, 0) is 24.3 Å². The summed E-state index contributed by atoms with van der Waals surface area (Å²) in [5.41, 5.74) is 0.877. The predicted molar refractivity (Wildman–Crippen MR) is 79.0 cm³/mol. The Morgan fingerprint density at radius 3 is 2.11 bits per heavy atom. The minimum atomic E-state index is -0.680. The average Bonchev–Trinajstić information content (AvgIpc) is 2.47. The lowest BCUT2D eigenvalue weighted by Crippen LogP contribution is -2.43. The maximum atomic E-state index is 10.2. The molecule has 0 fully saturated rings. The second kappa shape index (κ2) is 6.04. The van der Waals surface area contributed by atoms with E-state index in [2.05, 4.69) is 0 Å². The number of aliphatic hydroxyl groups is 2. The molecule has 0 aliphatic rings. The van der Waals surface area contributed by atoms with Crippen LogP contribution in [0.3, 0.4) is 0 Å². The fourth-order valence-corrected chi connectivity index (χ4v) is 2.35. The van der Waals surface area contributed by atoms with Crippen molar-refractivity contribution in [2.45, 2.75) is 39.1 Å². The van der Waals surface area contributed by atoms with E-state index in [1.807, 2.05) is 56.3 Å². The molecule has 2 aromatic rings. The first kappa shape index (κ1) is 13.8. The molecule has 0 radical (unpaired) electrons. The molecular formula is C16H21NO2. The van der Waals surface area contributed by atoms with Crippen molar-refractivity contribution >= 4 is 16.5 Å². The summed E-state index contributed by atoms with van der Waals surface area (Å²) in [5.74, 6) is 0. The largest absolute Gasteiger partial charge is 0.374 e. The zero-order chi connectivity index (χ0) is 13.8. The molecule has 2 rings (SSSR count). The van der Waals surface area contributed by atoms with E-state index in [1.54, 1.807) is 4.90 Å². The van der Waals surface area contributed by atoms with E-state index in [0.29, 0.717) is 12.8 Å². The molecular weight excluding hydrogens is 238 g/mol. The van der Waals surface area contributed by atoms with Crippen LogP contribution in [-0.4, -0.2) is 22.7 Å². The van der Waals surface area contributed by atoms with E-state index in [-0.39, 0.29) is 0 Å². The van der Waals surface area contributed by atoms with Gasteiger partial charge in [0.1, 0.15) is 12.5 Å². The molecule has 2 aromatic carbocycles. The minimum Gasteiger partial charge on any atom is -0.374 e. The molecule has 0 saturated carbocycles. The highest BCUT2D eigenvalue weighted by Gasteiger charge is 2.22. The van der Waals surface area contributed by atoms with Crippen LogP contribution in [0.25, 0.3) is 10.8 Å². The Labute approximate surface area is 114 Å². The van der Waals surface area contributed by atoms with Gasteiger partial charge in [0.15, 0.2) is 0 Å². The van der Waals surface area contributed by atoms with Crippen molar-refractivity contribution in [1.82, 2.24) is 0 Å². The molecule has 0 aromatic heterocycles. The summed E-state index contributed by atoms with van der Waals surface area (Å²) in [4.78, 5) is 1.70. The number of benzene rings is 2. The highest BCUT2D eigenvalue weighted by molar-refractivity contribution is 5.94. The molecule has 0 amide bonds. The Bertz CT molecular complexity index is 526. The minimum absolute atomic E-state index is 0.570. The highest BCUT2D eigenvalue weighted by Crippen LogP contribution is 2.30. The van der Waals surface area contributed by atoms with E-state index in [0.717, 1.165) is 16.5 Å². The molecule has 19 heavy (non-hydrogen) atoms. The van der Waals surface area contributed by atoms with Gasteiger partial charge in [-0.1, -0.05) is 50.2 Å². The van der Waals surface area contributed by atoms with Crippen molar-refractivity contribution in [2.24, 2.45) is 0 Å². The van der Waals surface area contributed by atoms with Gasteiger partial charge in [0.25, 0.3) is 0 Å². The van der Waals surface area contributed by atoms with E-state index in [4.69, 9.17) is 0 Å². The van der Waals surface area contributed by atoms with Gasteiger partial charge in [0, 0.05) is 11.1 Å². The molecule has 102 valence electrons. The van der Waals surface area contributed by atoms with Crippen LogP contribution >= 0.6 is 0 Å². The van der Waals surface area contributed by atoms with Crippen molar-refractivity contribution in [2.75, 3.05) is 4.90 Å². The molecule has 0 bridgehead atoms. The van der Waals surface area contributed by atoms with Crippen LogP contribution in [0.4, 0.5) is 5.69 Å². The lowest BCUT2D eigenvalue weighted by molar-refractivity contribution is 0.0802. The molecule has 2 unspecified atom stereocenters. The van der Waals surface area contributed by atoms with Gasteiger partial charge in [-0.25, -0.2) is 0 Å². The Kier molecular flexibility index (Phi) is 4.40. The van der Waals surface area contributed by atoms with Crippen LogP contribution < -0.4 is 4.90 Å². The van der Waals surface area contributed by atoms with E-state index >= 15 is 0 Å². The fraction of sp³-hybridized carbons (Fsp3) is 0.375. The third kappa shape index (κ3) is 2.72. The van der Waals surface area contributed by atoms with Gasteiger partial charge in [0.05, 0.1) is 0 Å². The zero-order valence-corrected chi connectivity index (χ0v) is 11.5. The summed E-state index contributed by atoms with van der Waals surface area (Å²) in [6.45, 7) is 3.82. The molecule has 0 saturated heterocycles. The van der Waals surface area contributed by atoms with Gasteiger partial charge in [-0.3, -0.25) is 0 Å². The van der Waals surface area contributed by atoms with Gasteiger partial charge in [-0.2, -0.15) is 0 Å². The predicted octanol–water partition coefficient (Wildman–Crippen LogP) is 3.10. The molecule has 2 atom stereocenters. The van der Waals surface area contributed by atoms with Crippen LogP contribution in [0.1, 0.15) is 26.7 Å². The number of anilines is 1. The van der Waals surface area contributed by atoms with Gasteiger partial charge < -0.3 is 15.1 Å². The summed E-state index contributed by atoms with van der Waals surface area (Å²) in [6, 6.07) is 13.9. The van der Waals surface area contributed by atoms with E-state index < -0.39 is 12.5 Å². The zero-order valence-electron chi connectivity index (χ0n) is 11.5. The number of aliphatic hydroxyl groups excluding tert-OH is 2. The maximum absolute atomic E-state index is 10.2. The maximum Gasteiger partial charge on any atom is 0.128 e. The summed E-state index contributed by atoms with van der Waals surface area (Å²) >= 11 is 0. The van der Waals surface area contributed by atoms with Gasteiger partial charge in [-0.15, -0.1) is 0 Å². The molecule has 3 nitrogen and oxygen atoms in total. The van der Waals surface area contributed by atoms with E-state index in [9.17, 15) is 10.2 Å². The summed E-state index contributed by atoms with van der Waals surface area (Å²) in [6.07, 6.45) is -0.220. The standard InChI is InChI=1S/C16H21NO2/c1-3-15(18)17(16(19)4-2)14-11-7-9-12-8-5-6-10-13(12)14/h5-11,15-16,18-19H,3-4H2,1-2H3. The smallest absolute Gasteiger partial charge is 0.128 e. The Hall–Kier alpha value is -1.58. The molecule has 0 aliphatic heterocycles. The fourth-order valence-electron chi connectivity index (χ4n) is 2.35. The summed E-state index contributed by atoms with van der Waals surface area (Å²) in [7, 11) is 0. The number of hydrogen-bond acceptors (Lipinski definition) is 3. The van der Waals surface area contributed by atoms with Crippen molar-refractivity contribution in [1.29, 1.82) is 0 Å². The first-order valence-corrected chi connectivity index (χ1v) is 6.81. The van der Waals surface area contributed by atoms with Crippen molar-refractivity contribution in [3.63, 3.8) is 0 Å². The average molecular weight is 259 g/mol. The first-order valence-electron chi connectivity index (χ1n) is 6.81. The van der Waals surface area contributed by atoms with Crippen LogP contribution in [0, 0.1) is 0 Å². The quantitative estimate of drug-likeness (QED) is 0.811. The number of nitrogens with zero attached hydrogens (tertiary/aromatic N) is 1. The summed E-state index contributed by atoms with van der Waals surface area (Å²) in [5, 5.41) is 22.6. The van der Waals surface area contributed by atoms with Crippen molar-refractivity contribution in [3.8, 4) is 0 Å². The van der Waals surface area contributed by atoms with E-state index in [1.165, 1.54) is 0 Å². The first-order chi connectivity index (χ1) is 9.19. The van der Waals surface area contributed by atoms with Crippen LogP contribution in [0.15, 0.2) is 42.5 Å². The number of fused-ring (bicyclic) bond motifs is 1. The molecule has 0 aliphatic carbocycles. The van der Waals surface area contributed by atoms with Gasteiger partial charge >= 0.3 is 0 Å². The normalized spacial score (nSPS) is 14.3. The Balaban J connectivity index is 2.55. The molecule has 3 heteroatoms. The third-order valence-electron chi connectivity index (χ3n) is 3.42. The molecule has 0 spiro atoms. The monoisotopic (exact) mass is 259 g/mol. The lowest BCUT2D eigenvalue weighted by atomic mass is 10.1. The number of hydrogen-bond donors (Lipinski definition) is 2.